The molecule has 70 valence electrons. The van der Waals surface area contributed by atoms with Gasteiger partial charge < -0.3 is 5.32 Å². The van der Waals surface area contributed by atoms with Crippen molar-refractivity contribution in [2.45, 2.75) is 0 Å². The Balaban J connectivity index is 2.24. The first-order chi connectivity index (χ1) is 6.86. The molecule has 0 fully saturated rings. The van der Waals surface area contributed by atoms with Gasteiger partial charge in [0.15, 0.2) is 0 Å². The van der Waals surface area contributed by atoms with E-state index >= 15 is 0 Å². The van der Waals surface area contributed by atoms with Crippen LogP contribution < -0.4 is 0 Å². The fraction of sp³-hybridized carbons (Fsp3) is 0. The molecule has 0 aliphatic rings. The van der Waals surface area contributed by atoms with Crippen LogP contribution in [0.25, 0.3) is 5.32 Å². The number of hydrogen-bond donors (Lipinski definition) is 0. The van der Waals surface area contributed by atoms with E-state index < -0.39 is 0 Å². The van der Waals surface area contributed by atoms with Crippen LogP contribution in [0.3, 0.4) is 0 Å². The van der Waals surface area contributed by atoms with Crippen LogP contribution in [0.1, 0.15) is 0 Å². The Hall–Kier alpha value is -1.47. The molecule has 0 spiro atoms. The largest absolute Gasteiger partial charge is 0.657 e. The Labute approximate surface area is 88.3 Å². The highest BCUT2D eigenvalue weighted by Gasteiger charge is 1.87. The molecule has 0 atom stereocenters. The summed E-state index contributed by atoms with van der Waals surface area (Å²) in [5.41, 5.74) is 1.72. The third-order valence-electron chi connectivity index (χ3n) is 1.86. The lowest BCUT2D eigenvalue weighted by Gasteiger charge is -2.23. The van der Waals surface area contributed by atoms with Crippen LogP contribution in [0, 0.1) is 0 Å². The van der Waals surface area contributed by atoms with Crippen molar-refractivity contribution in [1.82, 2.24) is 0 Å². The summed E-state index contributed by atoms with van der Waals surface area (Å²) in [4.78, 5) is 0. The van der Waals surface area contributed by atoms with Crippen LogP contribution in [0.5, 0.6) is 0 Å². The van der Waals surface area contributed by atoms with Crippen molar-refractivity contribution in [2.75, 3.05) is 0 Å². The third-order valence-corrected chi connectivity index (χ3v) is 2.18. The molecule has 0 saturated carbocycles. The topological polar surface area (TPSA) is 14.1 Å². The Morgan fingerprint density at radius 3 is 2.14 bits per heavy atom. The summed E-state index contributed by atoms with van der Waals surface area (Å²) < 4.78 is 0. The molecular formula is C12H9ClN-. The Morgan fingerprint density at radius 1 is 0.786 bits per heavy atom. The van der Waals surface area contributed by atoms with Crippen LogP contribution in [0.4, 0.5) is 11.4 Å². The number of rotatable bonds is 2. The van der Waals surface area contributed by atoms with Gasteiger partial charge in [-0.15, -0.1) is 11.4 Å². The lowest BCUT2D eigenvalue weighted by molar-refractivity contribution is 1.62. The maximum atomic E-state index is 5.98. The minimum atomic E-state index is 0.677. The molecule has 0 bridgehead atoms. The van der Waals surface area contributed by atoms with E-state index in [-0.39, 0.29) is 0 Å². The van der Waals surface area contributed by atoms with Gasteiger partial charge in [-0.2, -0.15) is 0 Å². The first kappa shape index (κ1) is 9.10. The van der Waals surface area contributed by atoms with E-state index in [2.05, 4.69) is 5.32 Å². The standard InChI is InChI=1S/C12H9ClN/c13-11-8-4-5-9-12(11)14-10-6-2-1-3-7-10/h1-9H/q-1. The Kier molecular flexibility index (Phi) is 2.70. The maximum Gasteiger partial charge on any atom is 0.0259 e. The minimum Gasteiger partial charge on any atom is -0.657 e. The second-order valence-electron chi connectivity index (χ2n) is 2.90. The Morgan fingerprint density at radius 2 is 1.43 bits per heavy atom. The molecular weight excluding hydrogens is 194 g/mol. The molecule has 2 rings (SSSR count). The fourth-order valence-corrected chi connectivity index (χ4v) is 1.36. The lowest BCUT2D eigenvalue weighted by atomic mass is 10.3. The van der Waals surface area contributed by atoms with Crippen molar-refractivity contribution in [2.24, 2.45) is 0 Å². The predicted molar refractivity (Wildman–Crippen MR) is 60.6 cm³/mol. The predicted octanol–water partition coefficient (Wildman–Crippen LogP) is 4.68. The van der Waals surface area contributed by atoms with E-state index in [0.717, 1.165) is 11.4 Å². The van der Waals surface area contributed by atoms with Gasteiger partial charge >= 0.3 is 0 Å². The molecule has 0 unspecified atom stereocenters. The second kappa shape index (κ2) is 4.16. The number of hydrogen-bond acceptors (Lipinski definition) is 0. The highest BCUT2D eigenvalue weighted by molar-refractivity contribution is 6.33. The summed E-state index contributed by atoms with van der Waals surface area (Å²) in [5.74, 6) is 0. The van der Waals surface area contributed by atoms with Crippen LogP contribution >= 0.6 is 11.6 Å². The van der Waals surface area contributed by atoms with Gasteiger partial charge in [0.2, 0.25) is 0 Å². The van der Waals surface area contributed by atoms with E-state index in [0.29, 0.717) is 5.02 Å². The van der Waals surface area contributed by atoms with E-state index in [1.54, 1.807) is 0 Å². The molecule has 2 heteroatoms. The zero-order valence-corrected chi connectivity index (χ0v) is 8.28. The van der Waals surface area contributed by atoms with Gasteiger partial charge in [0.1, 0.15) is 0 Å². The quantitative estimate of drug-likeness (QED) is 0.672. The zero-order valence-electron chi connectivity index (χ0n) is 7.52. The van der Waals surface area contributed by atoms with E-state index in [4.69, 9.17) is 11.6 Å². The average Bonchev–Trinajstić information content (AvgIpc) is 2.23. The average molecular weight is 203 g/mol. The lowest BCUT2D eigenvalue weighted by Crippen LogP contribution is -1.70. The molecule has 1 nitrogen and oxygen atoms in total. The molecule has 0 saturated heterocycles. The van der Waals surface area contributed by atoms with Gasteiger partial charge in [0, 0.05) is 5.02 Å². The third kappa shape index (κ3) is 2.06. The first-order valence-corrected chi connectivity index (χ1v) is 4.75. The van der Waals surface area contributed by atoms with Gasteiger partial charge in [-0.1, -0.05) is 60.1 Å². The number of benzene rings is 2. The van der Waals surface area contributed by atoms with Crippen LogP contribution in [-0.2, 0) is 0 Å². The van der Waals surface area contributed by atoms with Gasteiger partial charge in [-0.25, -0.2) is 0 Å². The number of halogens is 1. The molecule has 0 aliphatic heterocycles. The highest BCUT2D eigenvalue weighted by Crippen LogP contribution is 2.34. The van der Waals surface area contributed by atoms with Crippen LogP contribution in [0.2, 0.25) is 5.02 Å². The van der Waals surface area contributed by atoms with Crippen LogP contribution in [-0.4, -0.2) is 0 Å². The second-order valence-corrected chi connectivity index (χ2v) is 3.31. The summed E-state index contributed by atoms with van der Waals surface area (Å²) in [6.45, 7) is 0. The van der Waals surface area contributed by atoms with Crippen molar-refractivity contribution in [3.8, 4) is 0 Å². The van der Waals surface area contributed by atoms with Gasteiger partial charge in [-0.3, -0.25) is 0 Å². The molecule has 0 radical (unpaired) electrons. The molecule has 0 aliphatic carbocycles. The molecule has 0 aromatic heterocycles. The maximum absolute atomic E-state index is 5.98. The molecule has 2 aromatic carbocycles. The summed E-state index contributed by atoms with van der Waals surface area (Å²) in [6, 6.07) is 17.3. The van der Waals surface area contributed by atoms with Crippen molar-refractivity contribution >= 4 is 23.0 Å². The highest BCUT2D eigenvalue weighted by atomic mass is 35.5. The first-order valence-electron chi connectivity index (χ1n) is 4.37. The monoisotopic (exact) mass is 202 g/mol. The smallest absolute Gasteiger partial charge is 0.0259 e. The molecule has 0 N–H and O–H groups in total. The van der Waals surface area contributed by atoms with E-state index in [1.807, 2.05) is 54.6 Å². The minimum absolute atomic E-state index is 0.677. The summed E-state index contributed by atoms with van der Waals surface area (Å²) in [7, 11) is 0. The van der Waals surface area contributed by atoms with Crippen molar-refractivity contribution < 1.29 is 0 Å². The normalized spacial score (nSPS) is 9.79. The van der Waals surface area contributed by atoms with Crippen LogP contribution in [0.15, 0.2) is 54.6 Å². The molecule has 0 amide bonds. The SMILES string of the molecule is Clc1ccccc1[N-]c1ccccc1. The molecule has 0 heterocycles. The van der Waals surface area contributed by atoms with E-state index in [9.17, 15) is 0 Å². The zero-order chi connectivity index (χ0) is 9.80. The van der Waals surface area contributed by atoms with Gasteiger partial charge in [-0.05, 0) is 6.07 Å². The van der Waals surface area contributed by atoms with Gasteiger partial charge in [0.25, 0.3) is 0 Å². The Bertz CT molecular complexity index is 412. The molecule has 14 heavy (non-hydrogen) atoms. The summed E-state index contributed by atoms with van der Waals surface area (Å²) in [6.07, 6.45) is 0. The van der Waals surface area contributed by atoms with E-state index in [1.165, 1.54) is 0 Å². The van der Waals surface area contributed by atoms with Gasteiger partial charge in [0.05, 0.1) is 0 Å². The summed E-state index contributed by atoms with van der Waals surface area (Å²) in [5, 5.41) is 5.09. The number of para-hydroxylation sites is 2. The van der Waals surface area contributed by atoms with Crippen molar-refractivity contribution in [3.05, 3.63) is 64.9 Å². The van der Waals surface area contributed by atoms with Crippen molar-refractivity contribution in [3.63, 3.8) is 0 Å². The van der Waals surface area contributed by atoms with Crippen molar-refractivity contribution in [1.29, 1.82) is 0 Å². The fourth-order valence-electron chi connectivity index (χ4n) is 1.18. The molecule has 2 aromatic rings. The number of nitrogens with zero attached hydrogens (tertiary/aromatic N) is 1. The summed E-state index contributed by atoms with van der Waals surface area (Å²) >= 11 is 5.98.